The third-order valence-corrected chi connectivity index (χ3v) is 10.1. The van der Waals surface area contributed by atoms with Crippen LogP contribution in [0, 0.1) is 0 Å². The number of esters is 1. The summed E-state index contributed by atoms with van der Waals surface area (Å²) in [5.41, 5.74) is 5.49. The number of unbranched alkanes of at least 4 members (excludes halogenated alkanes) is 17. The fraction of sp³-hybridized carbons (Fsp3) is 0.735. The first-order valence-electron chi connectivity index (χ1n) is 23.1. The van der Waals surface area contributed by atoms with Crippen LogP contribution >= 0.6 is 0 Å². The summed E-state index contributed by atoms with van der Waals surface area (Å²) in [7, 11) is 0. The van der Waals surface area contributed by atoms with E-state index in [-0.39, 0.29) is 18.0 Å². The standard InChI is InChI=1S/C49H86N2O5/c1-3-5-7-9-11-13-15-17-18-19-20-22-24-26-28-33-37-43-48(53)56-45(39-34-30-27-25-23-21-16-14-12-10-8-6-4-2)40-35-31-29-32-36-42-47(52)51-46(49(54)55)41-38-44-50/h5,7,11,13,16-18,21,25,27,45-46H,3-4,6,8-10,12,14-15,19-20,22-24,26,28-44,50H2,1-2H3,(H,51,52)(H,54,55)/b7-5-,13-11-,18-17-,21-16-,27-25-. The second-order valence-electron chi connectivity index (χ2n) is 15.4. The minimum Gasteiger partial charge on any atom is -0.480 e. The maximum absolute atomic E-state index is 12.8. The van der Waals surface area contributed by atoms with Crippen molar-refractivity contribution in [2.45, 2.75) is 225 Å². The molecule has 0 rings (SSSR count). The molecule has 0 radical (unpaired) electrons. The van der Waals surface area contributed by atoms with Crippen molar-refractivity contribution in [1.29, 1.82) is 0 Å². The second-order valence-corrected chi connectivity index (χ2v) is 15.4. The molecule has 0 bridgehead atoms. The average molecular weight is 783 g/mol. The highest BCUT2D eigenvalue weighted by atomic mass is 16.5. The molecule has 7 nitrogen and oxygen atoms in total. The number of hydrogen-bond acceptors (Lipinski definition) is 5. The largest absolute Gasteiger partial charge is 0.480 e. The molecule has 56 heavy (non-hydrogen) atoms. The summed E-state index contributed by atoms with van der Waals surface area (Å²) in [6.45, 7) is 4.82. The van der Waals surface area contributed by atoms with Gasteiger partial charge in [-0.2, -0.15) is 0 Å². The molecule has 1 amide bonds. The van der Waals surface area contributed by atoms with Crippen molar-refractivity contribution in [2.75, 3.05) is 6.54 Å². The normalized spacial score (nSPS) is 13.2. The molecule has 7 heteroatoms. The van der Waals surface area contributed by atoms with Gasteiger partial charge < -0.3 is 20.9 Å². The van der Waals surface area contributed by atoms with E-state index >= 15 is 0 Å². The molecular formula is C49H86N2O5. The number of amides is 1. The summed E-state index contributed by atoms with van der Waals surface area (Å²) in [5.74, 6) is -1.27. The van der Waals surface area contributed by atoms with Crippen molar-refractivity contribution in [3.8, 4) is 0 Å². The second kappa shape index (κ2) is 43.2. The number of hydrogen-bond donors (Lipinski definition) is 3. The molecule has 2 atom stereocenters. The van der Waals surface area contributed by atoms with Gasteiger partial charge in [-0.3, -0.25) is 9.59 Å². The Bertz CT molecular complexity index is 1060. The van der Waals surface area contributed by atoms with E-state index in [1.54, 1.807) is 0 Å². The van der Waals surface area contributed by atoms with Crippen molar-refractivity contribution in [1.82, 2.24) is 5.32 Å². The lowest BCUT2D eigenvalue weighted by molar-refractivity contribution is -0.150. The summed E-state index contributed by atoms with van der Waals surface area (Å²) < 4.78 is 6.03. The zero-order chi connectivity index (χ0) is 41.0. The number of carboxylic acids is 1. The number of carboxylic acid groups (broad SMARTS) is 1. The molecule has 4 N–H and O–H groups in total. The van der Waals surface area contributed by atoms with Gasteiger partial charge in [0.25, 0.3) is 0 Å². The third-order valence-electron chi connectivity index (χ3n) is 10.1. The highest BCUT2D eigenvalue weighted by Crippen LogP contribution is 2.18. The van der Waals surface area contributed by atoms with Gasteiger partial charge in [0.05, 0.1) is 0 Å². The minimum atomic E-state index is -1.01. The van der Waals surface area contributed by atoms with Crippen molar-refractivity contribution in [2.24, 2.45) is 5.73 Å². The molecule has 2 unspecified atom stereocenters. The molecule has 0 aromatic heterocycles. The number of carbonyl (C=O) groups excluding carboxylic acids is 2. The Morgan fingerprint density at radius 2 is 1.00 bits per heavy atom. The Balaban J connectivity index is 4.39. The SMILES string of the molecule is CC/C=C\C/C=C\C/C=C\CCCCCCCCCC(=O)OC(CCC/C=C\C/C=C\CCCCCCC)CCCCCCCC(=O)NC(CCCN)C(=O)O. The van der Waals surface area contributed by atoms with Crippen LogP contribution in [0.2, 0.25) is 0 Å². The molecule has 0 aromatic rings. The van der Waals surface area contributed by atoms with E-state index in [1.165, 1.54) is 70.6 Å². The summed E-state index contributed by atoms with van der Waals surface area (Å²) in [5, 5.41) is 11.9. The van der Waals surface area contributed by atoms with E-state index in [2.05, 4.69) is 79.9 Å². The third kappa shape index (κ3) is 39.3. The van der Waals surface area contributed by atoms with Gasteiger partial charge in [0, 0.05) is 12.8 Å². The van der Waals surface area contributed by atoms with Gasteiger partial charge in [0.1, 0.15) is 12.1 Å². The molecule has 0 saturated carbocycles. The average Bonchev–Trinajstić information content (AvgIpc) is 3.18. The van der Waals surface area contributed by atoms with Crippen LogP contribution in [0.4, 0.5) is 0 Å². The lowest BCUT2D eigenvalue weighted by Crippen LogP contribution is -2.40. The van der Waals surface area contributed by atoms with Crippen molar-refractivity contribution < 1.29 is 24.2 Å². The zero-order valence-electron chi connectivity index (χ0n) is 36.2. The zero-order valence-corrected chi connectivity index (χ0v) is 36.2. The molecule has 0 aliphatic carbocycles. The molecule has 0 saturated heterocycles. The fourth-order valence-corrected chi connectivity index (χ4v) is 6.62. The van der Waals surface area contributed by atoms with Crippen LogP contribution in [0.5, 0.6) is 0 Å². The molecule has 0 aliphatic rings. The number of nitrogens with one attached hydrogen (secondary N) is 1. The summed E-state index contributed by atoms with van der Waals surface area (Å²) in [6.07, 6.45) is 54.1. The van der Waals surface area contributed by atoms with Crippen LogP contribution in [0.3, 0.4) is 0 Å². The number of ether oxygens (including phenoxy) is 1. The Kier molecular flexibility index (Phi) is 40.9. The fourth-order valence-electron chi connectivity index (χ4n) is 6.62. The molecule has 0 aliphatic heterocycles. The van der Waals surface area contributed by atoms with Crippen LogP contribution in [0.15, 0.2) is 60.8 Å². The number of carbonyl (C=O) groups is 3. The molecule has 322 valence electrons. The number of allylic oxidation sites excluding steroid dienone is 10. The van der Waals surface area contributed by atoms with E-state index in [4.69, 9.17) is 10.5 Å². The van der Waals surface area contributed by atoms with Crippen LogP contribution in [-0.2, 0) is 19.1 Å². The molecule has 0 aromatic carbocycles. The van der Waals surface area contributed by atoms with Gasteiger partial charge >= 0.3 is 11.9 Å². The highest BCUT2D eigenvalue weighted by Gasteiger charge is 2.19. The topological polar surface area (TPSA) is 119 Å². The first-order valence-corrected chi connectivity index (χ1v) is 23.1. The van der Waals surface area contributed by atoms with Gasteiger partial charge in [0.15, 0.2) is 0 Å². The number of nitrogens with two attached hydrogens (primary N) is 1. The predicted molar refractivity (Wildman–Crippen MR) is 239 cm³/mol. The highest BCUT2D eigenvalue weighted by molar-refractivity contribution is 5.83. The van der Waals surface area contributed by atoms with E-state index in [0.29, 0.717) is 32.2 Å². The molecular weight excluding hydrogens is 697 g/mol. The Hall–Kier alpha value is -2.93. The summed E-state index contributed by atoms with van der Waals surface area (Å²) >= 11 is 0. The maximum Gasteiger partial charge on any atom is 0.326 e. The Morgan fingerprint density at radius 1 is 0.536 bits per heavy atom. The van der Waals surface area contributed by atoms with Gasteiger partial charge in [-0.1, -0.05) is 152 Å². The summed E-state index contributed by atoms with van der Waals surface area (Å²) in [6, 6.07) is -0.864. The van der Waals surface area contributed by atoms with Crippen molar-refractivity contribution in [3.63, 3.8) is 0 Å². The Morgan fingerprint density at radius 3 is 1.55 bits per heavy atom. The van der Waals surface area contributed by atoms with Crippen molar-refractivity contribution >= 4 is 17.8 Å². The first kappa shape index (κ1) is 53.1. The van der Waals surface area contributed by atoms with Gasteiger partial charge in [-0.15, -0.1) is 0 Å². The van der Waals surface area contributed by atoms with Crippen LogP contribution in [-0.4, -0.2) is 41.6 Å². The van der Waals surface area contributed by atoms with E-state index in [0.717, 1.165) is 103 Å². The predicted octanol–water partition coefficient (Wildman–Crippen LogP) is 13.3. The quantitative estimate of drug-likeness (QED) is 0.0323. The lowest BCUT2D eigenvalue weighted by atomic mass is 10.0. The first-order chi connectivity index (χ1) is 27.4. The molecule has 0 fully saturated rings. The number of rotatable bonds is 41. The molecule has 0 heterocycles. The van der Waals surface area contributed by atoms with Crippen LogP contribution in [0.25, 0.3) is 0 Å². The van der Waals surface area contributed by atoms with Gasteiger partial charge in [-0.05, 0) is 116 Å². The Labute approximate surface area is 344 Å². The van der Waals surface area contributed by atoms with Crippen molar-refractivity contribution in [3.05, 3.63) is 60.8 Å². The van der Waals surface area contributed by atoms with Crippen LogP contribution in [0.1, 0.15) is 213 Å². The lowest BCUT2D eigenvalue weighted by Gasteiger charge is -2.18. The van der Waals surface area contributed by atoms with E-state index in [9.17, 15) is 19.5 Å². The minimum absolute atomic E-state index is 0.0382. The smallest absolute Gasteiger partial charge is 0.326 e. The van der Waals surface area contributed by atoms with E-state index in [1.807, 2.05) is 0 Å². The van der Waals surface area contributed by atoms with Gasteiger partial charge in [-0.25, -0.2) is 4.79 Å². The van der Waals surface area contributed by atoms with E-state index < -0.39 is 12.0 Å². The molecule has 0 spiro atoms. The summed E-state index contributed by atoms with van der Waals surface area (Å²) in [4.78, 5) is 36.4. The number of aliphatic carboxylic acids is 1. The van der Waals surface area contributed by atoms with Gasteiger partial charge in [0.2, 0.25) is 5.91 Å². The monoisotopic (exact) mass is 783 g/mol. The van der Waals surface area contributed by atoms with Crippen LogP contribution < -0.4 is 11.1 Å². The maximum atomic E-state index is 12.8.